The second-order valence-corrected chi connectivity index (χ2v) is 8.13. The molecule has 166 valence electrons. The van der Waals surface area contributed by atoms with Crippen LogP contribution in [0.4, 0.5) is 13.2 Å². The molecule has 4 rings (SSSR count). The normalized spacial score (nSPS) is 25.9. The Morgan fingerprint density at radius 1 is 1.17 bits per heavy atom. The summed E-state index contributed by atoms with van der Waals surface area (Å²) in [4.78, 5) is 23.8. The van der Waals surface area contributed by atoms with Crippen LogP contribution in [-0.4, -0.2) is 66.4 Å². The van der Waals surface area contributed by atoms with Crippen molar-refractivity contribution in [3.63, 3.8) is 0 Å². The van der Waals surface area contributed by atoms with Crippen molar-refractivity contribution in [2.75, 3.05) is 26.2 Å². The zero-order valence-corrected chi connectivity index (χ0v) is 16.6. The van der Waals surface area contributed by atoms with E-state index >= 15 is 0 Å². The van der Waals surface area contributed by atoms with Crippen LogP contribution in [0, 0.1) is 11.8 Å². The van der Waals surface area contributed by atoms with E-state index in [2.05, 4.69) is 40.5 Å². The fraction of sp³-hybridized carbons (Fsp3) is 0.619. The predicted octanol–water partition coefficient (Wildman–Crippen LogP) is 2.48. The molecule has 0 spiro atoms. The van der Waals surface area contributed by atoms with E-state index in [9.17, 15) is 18.0 Å². The average Bonchev–Trinajstić information content (AvgIpc) is 3.48. The number of benzene rings is 1. The molecule has 3 aliphatic rings. The molecule has 2 N–H and O–H groups in total. The quantitative estimate of drug-likeness (QED) is 0.728. The highest BCUT2D eigenvalue weighted by Gasteiger charge is 2.44. The Morgan fingerprint density at radius 2 is 1.83 bits per heavy atom. The summed E-state index contributed by atoms with van der Waals surface area (Å²) in [6, 6.07) is 10.6. The molecule has 1 aromatic carbocycles. The molecule has 30 heavy (non-hydrogen) atoms. The van der Waals surface area contributed by atoms with Gasteiger partial charge in [-0.25, -0.2) is 4.79 Å². The van der Waals surface area contributed by atoms with Crippen molar-refractivity contribution in [1.29, 1.82) is 0 Å². The topological polar surface area (TPSA) is 78.9 Å². The van der Waals surface area contributed by atoms with Crippen LogP contribution in [0.25, 0.3) is 0 Å². The number of amides is 1. The van der Waals surface area contributed by atoms with Gasteiger partial charge < -0.3 is 15.2 Å². The van der Waals surface area contributed by atoms with Crippen LogP contribution in [-0.2, 0) is 20.7 Å². The molecule has 1 amide bonds. The molecule has 3 atom stereocenters. The van der Waals surface area contributed by atoms with Gasteiger partial charge in [-0.1, -0.05) is 30.3 Å². The van der Waals surface area contributed by atoms with Gasteiger partial charge in [-0.15, -0.1) is 0 Å². The number of carboxylic acids is 1. The largest absolute Gasteiger partial charge is 0.490 e. The standard InChI is InChI=1S/C19H26N2O2.C2HF3O2/c22-19(20-11-15-6-7-15)17-10-16-12-21(13-18(17)23-16)9-8-14-4-2-1-3-5-14;3-2(4,5)1(6)7/h1-5,15-18H,6-13H2,(H,20,22);(H,6,7). The summed E-state index contributed by atoms with van der Waals surface area (Å²) < 4.78 is 37.8. The lowest BCUT2D eigenvalue weighted by molar-refractivity contribution is -0.192. The zero-order valence-electron chi connectivity index (χ0n) is 16.6. The molecule has 1 aliphatic carbocycles. The van der Waals surface area contributed by atoms with Crippen molar-refractivity contribution in [3.8, 4) is 0 Å². The van der Waals surface area contributed by atoms with Gasteiger partial charge in [0.05, 0.1) is 18.1 Å². The minimum atomic E-state index is -5.08. The Morgan fingerprint density at radius 3 is 2.43 bits per heavy atom. The fourth-order valence-electron chi connectivity index (χ4n) is 3.83. The SMILES string of the molecule is O=C(NCC1CC1)C1CC2CN(CCc3ccccc3)CC1O2.O=C(O)C(F)(F)F. The first-order valence-electron chi connectivity index (χ1n) is 10.2. The first-order valence-corrected chi connectivity index (χ1v) is 10.2. The number of carbonyl (C=O) groups excluding carboxylic acids is 1. The third-order valence-electron chi connectivity index (χ3n) is 5.63. The van der Waals surface area contributed by atoms with E-state index in [0.717, 1.165) is 44.9 Å². The number of aliphatic carboxylic acids is 1. The van der Waals surface area contributed by atoms with E-state index in [1.54, 1.807) is 0 Å². The van der Waals surface area contributed by atoms with E-state index in [1.165, 1.54) is 18.4 Å². The predicted molar refractivity (Wildman–Crippen MR) is 103 cm³/mol. The van der Waals surface area contributed by atoms with E-state index < -0.39 is 12.1 Å². The lowest BCUT2D eigenvalue weighted by Crippen LogP contribution is -2.46. The minimum Gasteiger partial charge on any atom is -0.475 e. The van der Waals surface area contributed by atoms with E-state index in [-0.39, 0.29) is 24.0 Å². The third-order valence-corrected chi connectivity index (χ3v) is 5.63. The lowest BCUT2D eigenvalue weighted by atomic mass is 9.99. The average molecular weight is 428 g/mol. The molecule has 2 aliphatic heterocycles. The molecule has 2 saturated heterocycles. The molecule has 0 radical (unpaired) electrons. The summed E-state index contributed by atoms with van der Waals surface area (Å²) in [7, 11) is 0. The summed E-state index contributed by atoms with van der Waals surface area (Å²) in [6.45, 7) is 3.78. The van der Waals surface area contributed by atoms with Gasteiger partial charge in [0.1, 0.15) is 0 Å². The van der Waals surface area contributed by atoms with Crippen molar-refractivity contribution in [1.82, 2.24) is 10.2 Å². The number of morpholine rings is 1. The number of ether oxygens (including phenoxy) is 1. The highest BCUT2D eigenvalue weighted by atomic mass is 19.4. The maximum Gasteiger partial charge on any atom is 0.490 e. The van der Waals surface area contributed by atoms with Crippen LogP contribution in [0.5, 0.6) is 0 Å². The fourth-order valence-corrected chi connectivity index (χ4v) is 3.83. The summed E-state index contributed by atoms with van der Waals surface area (Å²) in [5, 5.41) is 10.3. The Kier molecular flexibility index (Phi) is 7.36. The Balaban J connectivity index is 0.000000318. The number of carboxylic acid groups (broad SMARTS) is 1. The molecule has 0 aromatic heterocycles. The van der Waals surface area contributed by atoms with Crippen molar-refractivity contribution in [2.24, 2.45) is 11.8 Å². The van der Waals surface area contributed by atoms with Crippen molar-refractivity contribution < 1.29 is 32.6 Å². The van der Waals surface area contributed by atoms with Gasteiger partial charge in [0.25, 0.3) is 0 Å². The molecular weight excluding hydrogens is 401 g/mol. The molecule has 3 unspecified atom stereocenters. The van der Waals surface area contributed by atoms with Crippen LogP contribution in [0.1, 0.15) is 24.8 Å². The molecule has 1 aromatic rings. The number of alkyl halides is 3. The highest BCUT2D eigenvalue weighted by molar-refractivity contribution is 5.79. The maximum atomic E-state index is 12.4. The third kappa shape index (κ3) is 6.70. The van der Waals surface area contributed by atoms with Gasteiger partial charge >= 0.3 is 12.1 Å². The van der Waals surface area contributed by atoms with Crippen LogP contribution in [0.15, 0.2) is 30.3 Å². The minimum absolute atomic E-state index is 0.0560. The number of rotatable bonds is 6. The number of nitrogens with zero attached hydrogens (tertiary/aromatic N) is 1. The number of fused-ring (bicyclic) bond motifs is 2. The van der Waals surface area contributed by atoms with Gasteiger partial charge in [0.2, 0.25) is 5.91 Å². The molecule has 2 bridgehead atoms. The summed E-state index contributed by atoms with van der Waals surface area (Å²) >= 11 is 0. The van der Waals surface area contributed by atoms with Crippen molar-refractivity contribution >= 4 is 11.9 Å². The van der Waals surface area contributed by atoms with Crippen LogP contribution in [0.3, 0.4) is 0 Å². The summed E-state index contributed by atoms with van der Waals surface area (Å²) in [6.07, 6.45) is -0.242. The van der Waals surface area contributed by atoms with Crippen molar-refractivity contribution in [2.45, 2.75) is 44.1 Å². The molecule has 2 heterocycles. The van der Waals surface area contributed by atoms with Gasteiger partial charge in [-0.2, -0.15) is 13.2 Å². The van der Waals surface area contributed by atoms with Gasteiger partial charge in [-0.3, -0.25) is 9.69 Å². The van der Waals surface area contributed by atoms with Crippen LogP contribution >= 0.6 is 0 Å². The second kappa shape index (κ2) is 9.78. The van der Waals surface area contributed by atoms with E-state index in [4.69, 9.17) is 14.6 Å². The van der Waals surface area contributed by atoms with Gasteiger partial charge in [0.15, 0.2) is 0 Å². The monoisotopic (exact) mass is 428 g/mol. The Labute approximate surface area is 173 Å². The Hall–Kier alpha value is -2.13. The number of carbonyl (C=O) groups is 2. The Bertz CT molecular complexity index is 725. The summed E-state index contributed by atoms with van der Waals surface area (Å²) in [5.41, 5.74) is 1.38. The first kappa shape index (κ1) is 22.6. The zero-order chi connectivity index (χ0) is 21.7. The van der Waals surface area contributed by atoms with Crippen LogP contribution < -0.4 is 5.32 Å². The molecule has 6 nitrogen and oxygen atoms in total. The number of hydrogen-bond donors (Lipinski definition) is 2. The van der Waals surface area contributed by atoms with E-state index in [0.29, 0.717) is 0 Å². The summed E-state index contributed by atoms with van der Waals surface area (Å²) in [5.74, 6) is -1.75. The van der Waals surface area contributed by atoms with E-state index in [1.807, 2.05) is 0 Å². The molecule has 3 fully saturated rings. The molecule has 1 saturated carbocycles. The number of hydrogen-bond acceptors (Lipinski definition) is 4. The second-order valence-electron chi connectivity index (χ2n) is 8.13. The number of halogens is 3. The lowest BCUT2D eigenvalue weighted by Gasteiger charge is -2.32. The molecular formula is C21H27F3N2O4. The van der Waals surface area contributed by atoms with Crippen molar-refractivity contribution in [3.05, 3.63) is 35.9 Å². The maximum absolute atomic E-state index is 12.4. The van der Waals surface area contributed by atoms with Gasteiger partial charge in [-0.05, 0) is 37.2 Å². The number of nitrogens with one attached hydrogen (secondary N) is 1. The molecule has 9 heteroatoms. The first-order chi connectivity index (χ1) is 14.2. The smallest absolute Gasteiger partial charge is 0.475 e. The highest BCUT2D eigenvalue weighted by Crippen LogP contribution is 2.33. The van der Waals surface area contributed by atoms with Gasteiger partial charge in [0, 0.05) is 26.2 Å². The van der Waals surface area contributed by atoms with Crippen LogP contribution in [0.2, 0.25) is 0 Å². The number of likely N-dealkylation sites (tertiary alicyclic amines) is 1.